The summed E-state index contributed by atoms with van der Waals surface area (Å²) in [5.74, 6) is 1.23. The monoisotopic (exact) mass is 341 g/mol. The van der Waals surface area contributed by atoms with Gasteiger partial charge < -0.3 is 15.0 Å². The topological polar surface area (TPSA) is 44.8 Å². The van der Waals surface area contributed by atoms with Crippen molar-refractivity contribution >= 4 is 12.0 Å². The van der Waals surface area contributed by atoms with E-state index in [1.165, 1.54) is 0 Å². The van der Waals surface area contributed by atoms with E-state index in [1.807, 2.05) is 23.1 Å². The van der Waals surface area contributed by atoms with Gasteiger partial charge in [0.1, 0.15) is 11.4 Å². The fourth-order valence-electron chi connectivity index (χ4n) is 4.01. The third-order valence-corrected chi connectivity index (χ3v) is 5.55. The molecule has 5 heteroatoms. The van der Waals surface area contributed by atoms with Crippen molar-refractivity contribution < 1.29 is 9.53 Å². The number of carbonyl (C=O) groups excluding carboxylic acids is 1. The number of nitrogens with zero attached hydrogens (tertiary/aromatic N) is 2. The highest BCUT2D eigenvalue weighted by atomic mass is 16.5. The smallest absolute Gasteiger partial charge is 0.236 e. The Hall–Kier alpha value is -1.85. The van der Waals surface area contributed by atoms with E-state index < -0.39 is 0 Å². The predicted octanol–water partition coefficient (Wildman–Crippen LogP) is 1.75. The summed E-state index contributed by atoms with van der Waals surface area (Å²) in [6.45, 7) is 6.05. The third kappa shape index (κ3) is 3.72. The second kappa shape index (κ2) is 7.18. The number of para-hydroxylation sites is 1. The molecule has 1 aromatic rings. The Morgan fingerprint density at radius 3 is 2.84 bits per heavy atom. The van der Waals surface area contributed by atoms with Crippen molar-refractivity contribution in [3.8, 4) is 5.75 Å². The van der Waals surface area contributed by atoms with Crippen LogP contribution in [0.4, 0.5) is 0 Å². The first kappa shape index (κ1) is 16.6. The van der Waals surface area contributed by atoms with E-state index in [0.29, 0.717) is 6.54 Å². The van der Waals surface area contributed by atoms with Crippen LogP contribution in [0.25, 0.3) is 6.08 Å². The highest BCUT2D eigenvalue weighted by molar-refractivity contribution is 5.78. The molecule has 5 nitrogen and oxygen atoms in total. The average Bonchev–Trinajstić information content (AvgIpc) is 2.85. The zero-order chi connectivity index (χ0) is 17.1. The summed E-state index contributed by atoms with van der Waals surface area (Å²) in [5.41, 5.74) is 0.891. The number of piperazine rings is 1. The summed E-state index contributed by atoms with van der Waals surface area (Å²) in [7, 11) is 0. The molecule has 0 saturated carbocycles. The molecule has 3 heterocycles. The lowest BCUT2D eigenvalue weighted by molar-refractivity contribution is -0.132. The van der Waals surface area contributed by atoms with E-state index >= 15 is 0 Å². The van der Waals surface area contributed by atoms with Gasteiger partial charge in [0.15, 0.2) is 0 Å². The van der Waals surface area contributed by atoms with Crippen LogP contribution in [0.15, 0.2) is 30.3 Å². The zero-order valence-corrected chi connectivity index (χ0v) is 14.7. The molecule has 134 valence electrons. The van der Waals surface area contributed by atoms with Crippen molar-refractivity contribution in [3.05, 3.63) is 35.9 Å². The number of hydrogen-bond donors (Lipinski definition) is 1. The minimum atomic E-state index is -0.252. The first-order valence-electron chi connectivity index (χ1n) is 9.42. The lowest BCUT2D eigenvalue weighted by atomic mass is 9.91. The molecule has 0 aromatic heterocycles. The summed E-state index contributed by atoms with van der Waals surface area (Å²) in [5, 5.41) is 3.33. The fraction of sp³-hybridized carbons (Fsp3) is 0.550. The van der Waals surface area contributed by atoms with Gasteiger partial charge in [0, 0.05) is 51.3 Å². The molecule has 1 atom stereocenters. The number of ether oxygens (including phenoxy) is 1. The van der Waals surface area contributed by atoms with Crippen molar-refractivity contribution in [2.75, 3.05) is 45.8 Å². The Balaban J connectivity index is 1.38. The van der Waals surface area contributed by atoms with Gasteiger partial charge in [0.2, 0.25) is 5.91 Å². The van der Waals surface area contributed by atoms with E-state index in [1.54, 1.807) is 0 Å². The molecule has 1 amide bonds. The van der Waals surface area contributed by atoms with Crippen LogP contribution in [0.5, 0.6) is 5.75 Å². The third-order valence-electron chi connectivity index (χ3n) is 5.55. The van der Waals surface area contributed by atoms with Gasteiger partial charge in [-0.1, -0.05) is 24.3 Å². The van der Waals surface area contributed by atoms with E-state index in [4.69, 9.17) is 4.74 Å². The molecule has 2 saturated heterocycles. The second-order valence-corrected chi connectivity index (χ2v) is 7.30. The van der Waals surface area contributed by atoms with Crippen LogP contribution in [0.1, 0.15) is 24.8 Å². The van der Waals surface area contributed by atoms with Gasteiger partial charge in [-0.25, -0.2) is 0 Å². The van der Waals surface area contributed by atoms with Crippen molar-refractivity contribution in [3.63, 3.8) is 0 Å². The molecular formula is C20H27N3O2. The van der Waals surface area contributed by atoms with E-state index in [9.17, 15) is 4.79 Å². The summed E-state index contributed by atoms with van der Waals surface area (Å²) >= 11 is 0. The quantitative estimate of drug-likeness (QED) is 0.890. The molecule has 1 N–H and O–H groups in total. The number of carbonyl (C=O) groups is 1. The van der Waals surface area contributed by atoms with Crippen molar-refractivity contribution in [1.29, 1.82) is 0 Å². The first-order valence-corrected chi connectivity index (χ1v) is 9.42. The van der Waals surface area contributed by atoms with Crippen LogP contribution in [0.2, 0.25) is 0 Å². The number of hydrogen-bond acceptors (Lipinski definition) is 4. The maximum absolute atomic E-state index is 12.7. The summed E-state index contributed by atoms with van der Waals surface area (Å²) < 4.78 is 6.37. The van der Waals surface area contributed by atoms with Crippen LogP contribution in [-0.2, 0) is 4.79 Å². The van der Waals surface area contributed by atoms with Crippen LogP contribution >= 0.6 is 0 Å². The van der Waals surface area contributed by atoms with Gasteiger partial charge in [-0.05, 0) is 25.0 Å². The Labute approximate surface area is 149 Å². The van der Waals surface area contributed by atoms with Crippen molar-refractivity contribution in [2.45, 2.75) is 24.9 Å². The molecule has 1 aromatic carbocycles. The van der Waals surface area contributed by atoms with Crippen molar-refractivity contribution in [2.24, 2.45) is 0 Å². The number of benzene rings is 1. The highest BCUT2D eigenvalue weighted by Crippen LogP contribution is 2.36. The van der Waals surface area contributed by atoms with Crippen LogP contribution < -0.4 is 10.1 Å². The van der Waals surface area contributed by atoms with Crippen LogP contribution in [-0.4, -0.2) is 67.1 Å². The van der Waals surface area contributed by atoms with Gasteiger partial charge >= 0.3 is 0 Å². The number of fused-ring (bicyclic) bond motifs is 1. The van der Waals surface area contributed by atoms with Crippen molar-refractivity contribution in [1.82, 2.24) is 15.1 Å². The normalized spacial score (nSPS) is 26.8. The fourth-order valence-corrected chi connectivity index (χ4v) is 4.01. The number of nitrogens with one attached hydrogen (secondary N) is 1. The standard InChI is InChI=1S/C20H27N3O2/c24-19(16-22-14-10-21-11-15-22)23-12-3-7-20(9-13-23)8-6-17-4-1-2-5-18(17)25-20/h1-2,4-6,8,21H,3,7,9-16H2/t20-/m1/s1. The Bertz CT molecular complexity index is 654. The van der Waals surface area contributed by atoms with Gasteiger partial charge in [-0.2, -0.15) is 0 Å². The predicted molar refractivity (Wildman–Crippen MR) is 98.6 cm³/mol. The molecule has 0 unspecified atom stereocenters. The number of rotatable bonds is 2. The molecule has 1 spiro atoms. The molecule has 3 aliphatic rings. The second-order valence-electron chi connectivity index (χ2n) is 7.30. The van der Waals surface area contributed by atoms with Crippen LogP contribution in [0.3, 0.4) is 0 Å². The van der Waals surface area contributed by atoms with Gasteiger partial charge in [0.05, 0.1) is 6.54 Å². The molecule has 3 aliphatic heterocycles. The summed E-state index contributed by atoms with van der Waals surface area (Å²) in [4.78, 5) is 17.0. The average molecular weight is 341 g/mol. The maximum atomic E-state index is 12.7. The Kier molecular flexibility index (Phi) is 4.77. The molecule has 0 aliphatic carbocycles. The number of likely N-dealkylation sites (tertiary alicyclic amines) is 1. The molecule has 25 heavy (non-hydrogen) atoms. The lowest BCUT2D eigenvalue weighted by Crippen LogP contribution is -2.48. The van der Waals surface area contributed by atoms with Gasteiger partial charge in [-0.3, -0.25) is 9.69 Å². The minimum Gasteiger partial charge on any atom is -0.483 e. The molecule has 0 radical (unpaired) electrons. The Morgan fingerprint density at radius 2 is 1.96 bits per heavy atom. The molecule has 0 bridgehead atoms. The Morgan fingerprint density at radius 1 is 1.12 bits per heavy atom. The van der Waals surface area contributed by atoms with Gasteiger partial charge in [0.25, 0.3) is 0 Å². The van der Waals surface area contributed by atoms with E-state index in [0.717, 1.165) is 69.8 Å². The van der Waals surface area contributed by atoms with E-state index in [2.05, 4.69) is 28.4 Å². The lowest BCUT2D eigenvalue weighted by Gasteiger charge is -2.34. The number of amides is 1. The SMILES string of the molecule is O=C(CN1CCNCC1)N1CCC[C@@]2(C=Cc3ccccc3O2)CC1. The zero-order valence-electron chi connectivity index (χ0n) is 14.7. The largest absolute Gasteiger partial charge is 0.483 e. The molecular weight excluding hydrogens is 314 g/mol. The first-order chi connectivity index (χ1) is 12.2. The van der Waals surface area contributed by atoms with E-state index in [-0.39, 0.29) is 11.5 Å². The highest BCUT2D eigenvalue weighted by Gasteiger charge is 2.35. The summed E-state index contributed by atoms with van der Waals surface area (Å²) in [6.07, 6.45) is 7.21. The minimum absolute atomic E-state index is 0.252. The summed E-state index contributed by atoms with van der Waals surface area (Å²) in [6, 6.07) is 8.18. The maximum Gasteiger partial charge on any atom is 0.236 e. The van der Waals surface area contributed by atoms with Gasteiger partial charge in [-0.15, -0.1) is 0 Å². The molecule has 4 rings (SSSR count). The van der Waals surface area contributed by atoms with Crippen LogP contribution in [0, 0.1) is 0 Å². The molecule has 2 fully saturated rings.